The van der Waals surface area contributed by atoms with Crippen molar-refractivity contribution in [3.05, 3.63) is 0 Å². The molecule has 0 spiro atoms. The monoisotopic (exact) mass is 1410 g/mol. The minimum absolute atomic E-state index is 0.0251. The molecule has 4 fully saturated rings. The van der Waals surface area contributed by atoms with E-state index in [1.54, 1.807) is 18.0 Å². The van der Waals surface area contributed by atoms with Gasteiger partial charge in [-0.05, 0) is 43.8 Å². The summed E-state index contributed by atoms with van der Waals surface area (Å²) in [5.74, 6) is -7.45. The number of thioether (sulfide) groups is 3. The summed E-state index contributed by atoms with van der Waals surface area (Å²) in [6, 6.07) is -3.22. The van der Waals surface area contributed by atoms with Crippen LogP contribution in [0.5, 0.6) is 0 Å². The normalized spacial score (nSPS) is 30.8. The molecule has 14 N–H and O–H groups in total. The van der Waals surface area contributed by atoms with Gasteiger partial charge in [0.25, 0.3) is 11.8 Å². The number of nitrogens with one attached hydrogen (secondary N) is 6. The molecule has 40 heteroatoms. The molecular weight excluding hydrogens is 1320 g/mol. The van der Waals surface area contributed by atoms with Crippen LogP contribution in [0.2, 0.25) is 0 Å². The fourth-order valence-corrected chi connectivity index (χ4v) is 11.4. The number of carbonyl (C=O) groups excluding carboxylic acids is 8. The highest BCUT2D eigenvalue weighted by atomic mass is 32.2. The Bertz CT molecular complexity index is 2430. The summed E-state index contributed by atoms with van der Waals surface area (Å²) in [4.78, 5) is 126. The summed E-state index contributed by atoms with van der Waals surface area (Å²) in [5, 5.41) is 93.8. The van der Waals surface area contributed by atoms with Crippen molar-refractivity contribution in [2.75, 3.05) is 95.5 Å². The number of methoxy groups -OCH3 is 1. The van der Waals surface area contributed by atoms with Gasteiger partial charge in [-0.1, -0.05) is 0 Å². The molecule has 6 amide bonds. The molecule has 4 aliphatic heterocycles. The fraction of sp³-hybridized carbons (Fsp3) is 0.815. The van der Waals surface area contributed by atoms with E-state index >= 15 is 0 Å². The highest BCUT2D eigenvalue weighted by molar-refractivity contribution is 7.99. The number of rotatable bonds is 39. The molecule has 0 aliphatic carbocycles. The van der Waals surface area contributed by atoms with Crippen molar-refractivity contribution in [1.29, 1.82) is 0 Å². The Morgan fingerprint density at radius 2 is 0.915 bits per heavy atom. The van der Waals surface area contributed by atoms with Crippen LogP contribution >= 0.6 is 35.3 Å². The van der Waals surface area contributed by atoms with Crippen LogP contribution in [0.3, 0.4) is 0 Å². The van der Waals surface area contributed by atoms with Crippen molar-refractivity contribution in [3.63, 3.8) is 0 Å². The van der Waals surface area contributed by atoms with Crippen molar-refractivity contribution < 1.29 is 150 Å². The van der Waals surface area contributed by atoms with Gasteiger partial charge >= 0.3 is 23.9 Å². The van der Waals surface area contributed by atoms with Crippen molar-refractivity contribution in [2.24, 2.45) is 0 Å². The average Bonchev–Trinajstić information content (AvgIpc) is 0.776. The SMILES string of the molecule is CO[C@@H]1C(C(=O)NNC(=O)CCSC)O[C@@H](O[C@@H]2C(NC(C)=O)[C@H](O[C@@H]3C(C(=O)NNC(=O)CCSCCCC(=O)OCCOCCOC(=O)CCCSC)O[C@@H](O[C@@H]4C(NC(C)=O)C(C)OC(COCC(=O)O)[C@H]4O)C(O)[C@H]3O)OC(COCC(=O)O)[C@H]2O)C(O)[C@H]1O. The Labute approximate surface area is 552 Å². The summed E-state index contributed by atoms with van der Waals surface area (Å²) < 4.78 is 73.4. The number of ether oxygens (including phenoxy) is 13. The van der Waals surface area contributed by atoms with Gasteiger partial charge in [-0.3, -0.25) is 60.1 Å². The number of carbonyl (C=O) groups is 10. The van der Waals surface area contributed by atoms with E-state index in [4.69, 9.17) is 61.6 Å². The Hall–Kier alpha value is -4.93. The molecular formula is C54H88N6O31S3. The average molecular weight is 1410 g/mol. The molecule has 0 aromatic rings. The molecule has 94 heavy (non-hydrogen) atoms. The van der Waals surface area contributed by atoms with Gasteiger partial charge in [0, 0.05) is 58.1 Å². The molecule has 37 nitrogen and oxygen atoms in total. The van der Waals surface area contributed by atoms with Gasteiger partial charge in [0.05, 0.1) is 38.6 Å². The van der Waals surface area contributed by atoms with E-state index in [-0.39, 0.29) is 57.4 Å². The van der Waals surface area contributed by atoms with Gasteiger partial charge in [0.15, 0.2) is 31.1 Å². The first kappa shape index (κ1) is 81.5. The molecule has 0 radical (unpaired) electrons. The number of hydrazine groups is 2. The molecule has 0 aromatic carbocycles. The summed E-state index contributed by atoms with van der Waals surface area (Å²) in [5.41, 5.74) is 8.61. The molecule has 4 heterocycles. The second-order valence-electron chi connectivity index (χ2n) is 21.4. The third-order valence-electron chi connectivity index (χ3n) is 14.2. The molecule has 4 aliphatic rings. The second-order valence-corrected chi connectivity index (χ2v) is 24.6. The van der Waals surface area contributed by atoms with Crippen molar-refractivity contribution in [2.45, 2.75) is 182 Å². The van der Waals surface area contributed by atoms with Crippen LogP contribution in [-0.2, 0) is 110 Å². The number of aliphatic hydroxyl groups is 6. The van der Waals surface area contributed by atoms with Crippen LogP contribution in [-0.4, -0.2) is 318 Å². The second kappa shape index (κ2) is 42.7. The lowest BCUT2D eigenvalue weighted by Gasteiger charge is -2.50. The van der Waals surface area contributed by atoms with Gasteiger partial charge in [0.2, 0.25) is 23.6 Å². The minimum atomic E-state index is -2.41. The van der Waals surface area contributed by atoms with Crippen LogP contribution in [0.1, 0.15) is 59.3 Å². The summed E-state index contributed by atoms with van der Waals surface area (Å²) in [6.45, 7) is 0.530. The van der Waals surface area contributed by atoms with Crippen LogP contribution < -0.4 is 32.3 Å². The lowest BCUT2D eigenvalue weighted by atomic mass is 9.92. The topological polar surface area (TPSA) is 525 Å². The predicted octanol–water partition coefficient (Wildman–Crippen LogP) is -6.31. The predicted molar refractivity (Wildman–Crippen MR) is 321 cm³/mol. The summed E-state index contributed by atoms with van der Waals surface area (Å²) in [6.07, 6.45) is -30.6. The number of hydrogen-bond donors (Lipinski definition) is 14. The highest BCUT2D eigenvalue weighted by Gasteiger charge is 2.58. The van der Waals surface area contributed by atoms with Gasteiger partial charge in [-0.25, -0.2) is 9.59 Å². The maximum absolute atomic E-state index is 14.5. The molecule has 0 aromatic heterocycles. The molecule has 0 bridgehead atoms. The van der Waals surface area contributed by atoms with Crippen molar-refractivity contribution in [1.82, 2.24) is 32.3 Å². The summed E-state index contributed by atoms with van der Waals surface area (Å²) in [7, 11) is 1.06. The Morgan fingerprint density at radius 3 is 1.40 bits per heavy atom. The van der Waals surface area contributed by atoms with Gasteiger partial charge in [-0.2, -0.15) is 35.3 Å². The smallest absolute Gasteiger partial charge is 0.329 e. The maximum Gasteiger partial charge on any atom is 0.329 e. The van der Waals surface area contributed by atoms with E-state index in [1.807, 2.05) is 6.26 Å². The number of hydrogen-bond acceptors (Lipinski definition) is 32. The number of amides is 6. The highest BCUT2D eigenvalue weighted by Crippen LogP contribution is 2.35. The van der Waals surface area contributed by atoms with E-state index in [1.165, 1.54) is 30.4 Å². The fourth-order valence-electron chi connectivity index (χ4n) is 9.66. The number of carboxylic acid groups (broad SMARTS) is 2. The Kier molecular flexibility index (Phi) is 37.0. The molecule has 9 unspecified atom stereocenters. The largest absolute Gasteiger partial charge is 0.480 e. The van der Waals surface area contributed by atoms with Crippen LogP contribution in [0.4, 0.5) is 0 Å². The van der Waals surface area contributed by atoms with Crippen molar-refractivity contribution >= 4 is 94.6 Å². The first-order chi connectivity index (χ1) is 44.7. The third kappa shape index (κ3) is 26.8. The van der Waals surface area contributed by atoms with Crippen LogP contribution in [0.15, 0.2) is 0 Å². The van der Waals surface area contributed by atoms with Crippen molar-refractivity contribution in [3.8, 4) is 0 Å². The van der Waals surface area contributed by atoms with E-state index in [2.05, 4.69) is 32.3 Å². The number of aliphatic hydroxyl groups excluding tert-OH is 6. The van der Waals surface area contributed by atoms with Gasteiger partial charge in [-0.15, -0.1) is 0 Å². The molecule has 4 rings (SSSR count). The van der Waals surface area contributed by atoms with Crippen LogP contribution in [0, 0.1) is 0 Å². The zero-order valence-electron chi connectivity index (χ0n) is 52.5. The number of esters is 2. The summed E-state index contributed by atoms with van der Waals surface area (Å²) >= 11 is 4.23. The van der Waals surface area contributed by atoms with E-state index in [0.29, 0.717) is 30.8 Å². The van der Waals surface area contributed by atoms with Gasteiger partial charge in [0.1, 0.15) is 106 Å². The molecule has 4 saturated heterocycles. The number of carboxylic acids is 2. The van der Waals surface area contributed by atoms with E-state index in [0.717, 1.165) is 26.7 Å². The van der Waals surface area contributed by atoms with E-state index < -0.39 is 202 Å². The molecule has 20 atom stereocenters. The molecule has 0 saturated carbocycles. The zero-order valence-corrected chi connectivity index (χ0v) is 54.9. The molecule has 538 valence electrons. The maximum atomic E-state index is 14.5. The third-order valence-corrected chi connectivity index (χ3v) is 16.6. The first-order valence-corrected chi connectivity index (χ1v) is 33.6. The number of aliphatic carboxylic acids is 2. The Balaban J connectivity index is 1.59. The van der Waals surface area contributed by atoms with Gasteiger partial charge < -0.3 is 113 Å². The standard InChI is InChI=1S/C54H88N6O31S3/c1-25-36(55-26(2)61)44(38(71)28(85-25)21-81-23-32(65)66)87-54-43(76)41(74)47(49(91-54)51(78)60-58-31(64)12-20-94-18-8-10-35(70)84-16-14-80-13-15-83-34(69)9-7-17-92-5)89-52-37(56-27(3)62)45(39(72)29(86-52)22-82-24-33(67)68)88-53-42(75)40(73)46(79-4)48(90-53)50(77)59-57-30(63)11-19-93-6/h25,28-29,36-49,52-54,71-76H,7-24H2,1-6H3,(H,55,61)(H,56,62)(H,57,63)(H,58,64)(H,59,77)(H,60,78)(H,65,66)(H,67,68)/t25?,28?,29?,36?,37?,38-,39-,40-,41-,42?,43?,44-,45-,46+,47+,48?,49?,52+,53-,54-/m1/s1. The lowest BCUT2D eigenvalue weighted by molar-refractivity contribution is -0.365. The Morgan fingerprint density at radius 1 is 0.468 bits per heavy atom. The van der Waals surface area contributed by atoms with Crippen LogP contribution in [0.25, 0.3) is 0 Å². The van der Waals surface area contributed by atoms with E-state index in [9.17, 15) is 88.8 Å². The zero-order chi connectivity index (χ0) is 69.6. The lowest BCUT2D eigenvalue weighted by Crippen LogP contribution is -2.71. The minimum Gasteiger partial charge on any atom is -0.480 e. The quantitative estimate of drug-likeness (QED) is 0.0155. The first-order valence-electron chi connectivity index (χ1n) is 29.7.